The van der Waals surface area contributed by atoms with Gasteiger partial charge in [-0.3, -0.25) is 4.79 Å². The van der Waals surface area contributed by atoms with E-state index < -0.39 is 0 Å². The van der Waals surface area contributed by atoms with Crippen LogP contribution in [0.1, 0.15) is 10.4 Å². The lowest BCUT2D eigenvalue weighted by atomic mass is 10.1. The molecule has 1 aromatic carbocycles. The number of hydrogen-bond donors (Lipinski definition) is 0. The zero-order valence-corrected chi connectivity index (χ0v) is 11.0. The third-order valence-corrected chi connectivity index (χ3v) is 3.29. The molecule has 0 unspecified atom stereocenters. The summed E-state index contributed by atoms with van der Waals surface area (Å²) in [6.07, 6.45) is 0. The monoisotopic (exact) mass is 265 g/mol. The van der Waals surface area contributed by atoms with Gasteiger partial charge in [0.15, 0.2) is 4.99 Å². The van der Waals surface area contributed by atoms with Crippen molar-refractivity contribution < 1.29 is 14.3 Å². The summed E-state index contributed by atoms with van der Waals surface area (Å²) in [6, 6.07) is 6.98. The Hall–Kier alpha value is -1.46. The van der Waals surface area contributed by atoms with E-state index in [9.17, 15) is 4.79 Å². The molecule has 0 bridgehead atoms. The Labute approximate surface area is 111 Å². The Morgan fingerprint density at radius 3 is 2.44 bits per heavy atom. The molecule has 1 aliphatic heterocycles. The molecule has 5 heteroatoms. The molecular weight excluding hydrogens is 250 g/mol. The van der Waals surface area contributed by atoms with Gasteiger partial charge < -0.3 is 14.4 Å². The van der Waals surface area contributed by atoms with E-state index in [0.29, 0.717) is 36.9 Å². The molecule has 1 fully saturated rings. The predicted octanol–water partition coefficient (Wildman–Crippen LogP) is 1.54. The third kappa shape index (κ3) is 2.86. The number of benzene rings is 1. The Kier molecular flexibility index (Phi) is 4.28. The maximum absolute atomic E-state index is 12.2. The van der Waals surface area contributed by atoms with Crippen molar-refractivity contribution in [1.29, 1.82) is 0 Å². The van der Waals surface area contributed by atoms with Crippen molar-refractivity contribution in [3.8, 4) is 5.75 Å². The standard InChI is InChI=1S/C13H15NO3S/c1-16-11-4-2-10(3-5-11)12(15)13(18)14-6-8-17-9-7-14/h2-5H,6-9H2,1H3. The quantitative estimate of drug-likeness (QED) is 0.612. The van der Waals surface area contributed by atoms with E-state index in [2.05, 4.69) is 0 Å². The zero-order chi connectivity index (χ0) is 13.0. The molecule has 0 N–H and O–H groups in total. The minimum Gasteiger partial charge on any atom is -0.497 e. The largest absolute Gasteiger partial charge is 0.497 e. The van der Waals surface area contributed by atoms with Crippen LogP contribution in [0.15, 0.2) is 24.3 Å². The molecule has 1 aromatic rings. The number of hydrogen-bond acceptors (Lipinski definition) is 4. The first kappa shape index (κ1) is 13.0. The smallest absolute Gasteiger partial charge is 0.220 e. The fourth-order valence-electron chi connectivity index (χ4n) is 1.78. The van der Waals surface area contributed by atoms with Crippen LogP contribution in [0.3, 0.4) is 0 Å². The molecule has 4 nitrogen and oxygen atoms in total. The molecule has 1 heterocycles. The highest BCUT2D eigenvalue weighted by Gasteiger charge is 2.20. The van der Waals surface area contributed by atoms with Crippen LogP contribution in [-0.2, 0) is 4.74 Å². The van der Waals surface area contributed by atoms with E-state index in [1.54, 1.807) is 31.4 Å². The van der Waals surface area contributed by atoms with Gasteiger partial charge in [0.05, 0.1) is 20.3 Å². The SMILES string of the molecule is COc1ccc(C(=O)C(=S)N2CCOCC2)cc1. The normalized spacial score (nSPS) is 15.3. The molecule has 0 aliphatic carbocycles. The highest BCUT2D eigenvalue weighted by molar-refractivity contribution is 7.82. The van der Waals surface area contributed by atoms with E-state index in [4.69, 9.17) is 21.7 Å². The number of rotatable bonds is 3. The molecule has 2 rings (SSSR count). The second-order valence-corrected chi connectivity index (χ2v) is 4.35. The lowest BCUT2D eigenvalue weighted by Crippen LogP contribution is -2.43. The highest BCUT2D eigenvalue weighted by Crippen LogP contribution is 2.13. The number of methoxy groups -OCH3 is 1. The summed E-state index contributed by atoms with van der Waals surface area (Å²) in [7, 11) is 1.59. The van der Waals surface area contributed by atoms with Gasteiger partial charge >= 0.3 is 0 Å². The van der Waals surface area contributed by atoms with Crippen molar-refractivity contribution in [2.45, 2.75) is 0 Å². The van der Waals surface area contributed by atoms with Crippen LogP contribution < -0.4 is 4.74 Å². The Balaban J connectivity index is 2.07. The van der Waals surface area contributed by atoms with E-state index in [-0.39, 0.29) is 5.78 Å². The Morgan fingerprint density at radius 2 is 1.89 bits per heavy atom. The molecule has 0 saturated carbocycles. The minimum absolute atomic E-state index is 0.116. The summed E-state index contributed by atoms with van der Waals surface area (Å²) in [4.78, 5) is 14.4. The topological polar surface area (TPSA) is 38.8 Å². The van der Waals surface area contributed by atoms with Crippen LogP contribution >= 0.6 is 12.2 Å². The molecule has 0 amide bonds. The molecule has 1 saturated heterocycles. The maximum atomic E-state index is 12.2. The van der Waals surface area contributed by atoms with Crippen LogP contribution in [0.4, 0.5) is 0 Å². The number of carbonyl (C=O) groups excluding carboxylic acids is 1. The molecule has 0 atom stereocenters. The average Bonchev–Trinajstić information content (AvgIpc) is 2.47. The molecule has 96 valence electrons. The van der Waals surface area contributed by atoms with Crippen molar-refractivity contribution in [1.82, 2.24) is 4.90 Å². The number of carbonyl (C=O) groups is 1. The van der Waals surface area contributed by atoms with Crippen molar-refractivity contribution in [2.75, 3.05) is 33.4 Å². The van der Waals surface area contributed by atoms with Crippen molar-refractivity contribution in [3.63, 3.8) is 0 Å². The van der Waals surface area contributed by atoms with Gasteiger partial charge in [-0.15, -0.1) is 0 Å². The van der Waals surface area contributed by atoms with E-state index in [1.807, 2.05) is 4.90 Å². The molecule has 0 aromatic heterocycles. The number of Topliss-reactive ketones (excluding diaryl/α,β-unsaturated/α-hetero) is 1. The lowest BCUT2D eigenvalue weighted by molar-refractivity contribution is 0.0670. The Morgan fingerprint density at radius 1 is 1.28 bits per heavy atom. The van der Waals surface area contributed by atoms with Crippen LogP contribution in [0.2, 0.25) is 0 Å². The summed E-state index contributed by atoms with van der Waals surface area (Å²) in [5.41, 5.74) is 0.590. The maximum Gasteiger partial charge on any atom is 0.220 e. The van der Waals surface area contributed by atoms with E-state index in [0.717, 1.165) is 5.75 Å². The number of nitrogens with zero attached hydrogens (tertiary/aromatic N) is 1. The fourth-order valence-corrected chi connectivity index (χ4v) is 2.08. The number of ketones is 1. The van der Waals surface area contributed by atoms with E-state index in [1.165, 1.54) is 0 Å². The Bertz CT molecular complexity index is 438. The van der Waals surface area contributed by atoms with Crippen LogP contribution in [0.5, 0.6) is 5.75 Å². The molecule has 18 heavy (non-hydrogen) atoms. The first-order valence-electron chi connectivity index (χ1n) is 5.78. The number of morpholine rings is 1. The summed E-state index contributed by atoms with van der Waals surface area (Å²) in [5, 5.41) is 0. The van der Waals surface area contributed by atoms with Crippen LogP contribution in [-0.4, -0.2) is 49.1 Å². The van der Waals surface area contributed by atoms with Crippen molar-refractivity contribution >= 4 is 23.0 Å². The van der Waals surface area contributed by atoms with Gasteiger partial charge in [-0.2, -0.15) is 0 Å². The van der Waals surface area contributed by atoms with Gasteiger partial charge in [0.25, 0.3) is 0 Å². The van der Waals surface area contributed by atoms with Crippen LogP contribution in [0.25, 0.3) is 0 Å². The lowest BCUT2D eigenvalue weighted by Gasteiger charge is -2.28. The first-order chi connectivity index (χ1) is 8.72. The van der Waals surface area contributed by atoms with Crippen molar-refractivity contribution in [3.05, 3.63) is 29.8 Å². The minimum atomic E-state index is -0.116. The molecule has 0 radical (unpaired) electrons. The molecule has 1 aliphatic rings. The molecule has 0 spiro atoms. The fraction of sp³-hybridized carbons (Fsp3) is 0.385. The molecular formula is C13H15NO3S. The summed E-state index contributed by atoms with van der Waals surface area (Å²) >= 11 is 5.23. The van der Waals surface area contributed by atoms with Gasteiger partial charge in [-0.05, 0) is 24.3 Å². The second kappa shape index (κ2) is 5.93. The summed E-state index contributed by atoms with van der Waals surface area (Å²) < 4.78 is 10.3. The zero-order valence-electron chi connectivity index (χ0n) is 10.2. The second-order valence-electron chi connectivity index (χ2n) is 3.96. The predicted molar refractivity (Wildman–Crippen MR) is 72.3 cm³/mol. The summed E-state index contributed by atoms with van der Waals surface area (Å²) in [5.74, 6) is 0.610. The van der Waals surface area contributed by atoms with Crippen molar-refractivity contribution in [2.24, 2.45) is 0 Å². The highest BCUT2D eigenvalue weighted by atomic mass is 32.1. The van der Waals surface area contributed by atoms with Gasteiger partial charge in [-0.1, -0.05) is 12.2 Å². The summed E-state index contributed by atoms with van der Waals surface area (Å²) in [6.45, 7) is 2.60. The number of ether oxygens (including phenoxy) is 2. The van der Waals surface area contributed by atoms with Crippen LogP contribution in [0, 0.1) is 0 Å². The van der Waals surface area contributed by atoms with Gasteiger partial charge in [0.2, 0.25) is 5.78 Å². The number of thiocarbonyl (C=S) groups is 1. The average molecular weight is 265 g/mol. The van der Waals surface area contributed by atoms with Gasteiger partial charge in [0.1, 0.15) is 5.75 Å². The van der Waals surface area contributed by atoms with Gasteiger partial charge in [-0.25, -0.2) is 0 Å². The van der Waals surface area contributed by atoms with E-state index >= 15 is 0 Å². The third-order valence-electron chi connectivity index (χ3n) is 2.84. The first-order valence-corrected chi connectivity index (χ1v) is 6.18. The van der Waals surface area contributed by atoms with Gasteiger partial charge in [0, 0.05) is 18.7 Å².